The summed E-state index contributed by atoms with van der Waals surface area (Å²) in [7, 11) is 1.61. The first-order valence-corrected chi connectivity index (χ1v) is 12.3. The Kier molecular flexibility index (Phi) is 12.7. The van der Waals surface area contributed by atoms with Crippen molar-refractivity contribution in [3.8, 4) is 0 Å². The molecule has 0 aromatic carbocycles. The molecule has 6 heteroatoms. The van der Waals surface area contributed by atoms with E-state index < -0.39 is 6.10 Å². The summed E-state index contributed by atoms with van der Waals surface area (Å²) in [4.78, 5) is 0. The number of halogens is 1. The molecule has 1 rings (SSSR count). The Labute approximate surface area is 198 Å². The average Bonchev–Trinajstić information content (AvgIpc) is 2.62. The third-order valence-corrected chi connectivity index (χ3v) is 6.32. The van der Waals surface area contributed by atoms with Crippen molar-refractivity contribution in [3.05, 3.63) is 23.8 Å². The lowest BCUT2D eigenvalue weighted by Crippen LogP contribution is -2.42. The Hall–Kier alpha value is 0.01000. The third kappa shape index (κ3) is 9.65. The molecule has 1 aliphatic rings. The van der Waals surface area contributed by atoms with Crippen molar-refractivity contribution in [3.63, 3.8) is 0 Å². The summed E-state index contributed by atoms with van der Waals surface area (Å²) in [6, 6.07) is 0. The van der Waals surface area contributed by atoms with Gasteiger partial charge >= 0.3 is 0 Å². The van der Waals surface area contributed by atoms with Gasteiger partial charge < -0.3 is 19.3 Å². The van der Waals surface area contributed by atoms with Crippen LogP contribution in [0.15, 0.2) is 23.8 Å². The highest BCUT2D eigenvalue weighted by molar-refractivity contribution is 14.1. The lowest BCUT2D eigenvalue weighted by atomic mass is 9.89. The Morgan fingerprint density at radius 1 is 1.30 bits per heavy atom. The van der Waals surface area contributed by atoms with Crippen LogP contribution in [0, 0.1) is 11.8 Å². The highest BCUT2D eigenvalue weighted by Crippen LogP contribution is 2.29. The fourth-order valence-electron chi connectivity index (χ4n) is 4.54. The number of aliphatic hydroxyl groups is 1. The van der Waals surface area contributed by atoms with Gasteiger partial charge in [0, 0.05) is 36.5 Å². The van der Waals surface area contributed by atoms with Crippen LogP contribution in [0.25, 0.3) is 0 Å². The summed E-state index contributed by atoms with van der Waals surface area (Å²) in [5, 5.41) is 9.87. The van der Waals surface area contributed by atoms with Crippen LogP contribution in [0.4, 0.5) is 0 Å². The Balaban J connectivity index is 2.62. The molecule has 0 aromatic heterocycles. The predicted octanol–water partition coefficient (Wildman–Crippen LogP) is 5.22. The largest absolute Gasteiger partial charge is 0.391 e. The van der Waals surface area contributed by atoms with E-state index in [0.717, 1.165) is 19.4 Å². The minimum Gasteiger partial charge on any atom is -0.391 e. The first-order valence-electron chi connectivity index (χ1n) is 11.2. The smallest absolute Gasteiger partial charge is 0.109 e. The molecule has 5 nitrogen and oxygen atoms in total. The van der Waals surface area contributed by atoms with Crippen LogP contribution in [0.5, 0.6) is 0 Å². The van der Waals surface area contributed by atoms with E-state index in [2.05, 4.69) is 79.2 Å². The van der Waals surface area contributed by atoms with Crippen molar-refractivity contribution in [2.45, 2.75) is 104 Å². The maximum absolute atomic E-state index is 9.87. The van der Waals surface area contributed by atoms with Crippen molar-refractivity contribution in [1.82, 2.24) is 3.53 Å². The Bertz CT molecular complexity index is 549. The molecule has 176 valence electrons. The summed E-state index contributed by atoms with van der Waals surface area (Å²) in [5.74, 6) is 0.915. The van der Waals surface area contributed by atoms with Gasteiger partial charge in [0.2, 0.25) is 0 Å². The van der Waals surface area contributed by atoms with Gasteiger partial charge in [-0.25, -0.2) is 0 Å². The highest BCUT2D eigenvalue weighted by Gasteiger charge is 2.30. The second kappa shape index (κ2) is 13.5. The molecule has 0 bridgehead atoms. The number of allylic oxidation sites excluding steroid dienone is 3. The molecule has 0 aromatic rings. The molecule has 30 heavy (non-hydrogen) atoms. The normalized spacial score (nSPS) is 27.8. The van der Waals surface area contributed by atoms with Gasteiger partial charge in [-0.1, -0.05) is 32.1 Å². The van der Waals surface area contributed by atoms with E-state index >= 15 is 0 Å². The number of aliphatic hydroxyl groups excluding tert-OH is 1. The second-order valence-corrected chi connectivity index (χ2v) is 10.3. The molecule has 1 heterocycles. The number of rotatable bonds is 12. The van der Waals surface area contributed by atoms with Crippen molar-refractivity contribution >= 4 is 22.9 Å². The second-order valence-electron chi connectivity index (χ2n) is 9.57. The Morgan fingerprint density at radius 2 is 1.97 bits per heavy atom. The van der Waals surface area contributed by atoms with E-state index in [1.54, 1.807) is 14.0 Å². The van der Waals surface area contributed by atoms with Crippen molar-refractivity contribution in [1.29, 1.82) is 0 Å². The maximum atomic E-state index is 9.87. The minimum absolute atomic E-state index is 0.182. The zero-order valence-electron chi connectivity index (χ0n) is 20.2. The molecule has 1 aliphatic heterocycles. The molecule has 1 fully saturated rings. The van der Waals surface area contributed by atoms with Gasteiger partial charge in [0.1, 0.15) is 6.10 Å². The molecule has 1 saturated heterocycles. The van der Waals surface area contributed by atoms with E-state index in [0.29, 0.717) is 17.9 Å². The van der Waals surface area contributed by atoms with Gasteiger partial charge in [0.05, 0.1) is 30.0 Å². The first-order chi connectivity index (χ1) is 14.0. The Morgan fingerprint density at radius 3 is 2.53 bits per heavy atom. The number of hydrogen-bond donors (Lipinski definition) is 2. The van der Waals surface area contributed by atoms with E-state index in [9.17, 15) is 5.11 Å². The summed E-state index contributed by atoms with van der Waals surface area (Å²) >= 11 is 2.19. The molecule has 0 amide bonds. The predicted molar refractivity (Wildman–Crippen MR) is 133 cm³/mol. The molecule has 2 N–H and O–H groups in total. The van der Waals surface area contributed by atoms with Crippen LogP contribution in [0.2, 0.25) is 0 Å². The number of nitrogens with one attached hydrogen (secondary N) is 1. The maximum Gasteiger partial charge on any atom is 0.109 e. The van der Waals surface area contributed by atoms with E-state index in [1.807, 2.05) is 6.92 Å². The molecule has 0 radical (unpaired) electrons. The first kappa shape index (κ1) is 28.0. The molecule has 7 atom stereocenters. The summed E-state index contributed by atoms with van der Waals surface area (Å²) < 4.78 is 21.1. The molecule has 0 saturated carbocycles. The van der Waals surface area contributed by atoms with Gasteiger partial charge in [-0.2, -0.15) is 0 Å². The van der Waals surface area contributed by atoms with Crippen LogP contribution < -0.4 is 3.53 Å². The summed E-state index contributed by atoms with van der Waals surface area (Å²) in [6.07, 6.45) is 9.22. The number of ether oxygens (including phenoxy) is 3. The molecular formula is C24H44INO4. The summed E-state index contributed by atoms with van der Waals surface area (Å²) in [6.45, 7) is 15.5. The average molecular weight is 538 g/mol. The van der Waals surface area contributed by atoms with Crippen molar-refractivity contribution in [2.24, 2.45) is 11.8 Å². The molecular weight excluding hydrogens is 493 g/mol. The van der Waals surface area contributed by atoms with Crippen LogP contribution in [0.3, 0.4) is 0 Å². The van der Waals surface area contributed by atoms with Gasteiger partial charge in [-0.3, -0.25) is 3.53 Å². The third-order valence-electron chi connectivity index (χ3n) is 5.88. The van der Waals surface area contributed by atoms with E-state index in [-0.39, 0.29) is 23.9 Å². The van der Waals surface area contributed by atoms with E-state index in [4.69, 9.17) is 14.2 Å². The van der Waals surface area contributed by atoms with Gasteiger partial charge in [-0.05, 0) is 71.3 Å². The zero-order chi connectivity index (χ0) is 22.9. The molecule has 1 unspecified atom stereocenters. The lowest BCUT2D eigenvalue weighted by Gasteiger charge is -2.35. The molecule has 0 spiro atoms. The number of hydrogen-bond acceptors (Lipinski definition) is 5. The van der Waals surface area contributed by atoms with E-state index in [1.165, 1.54) is 12.0 Å². The van der Waals surface area contributed by atoms with Crippen LogP contribution in [-0.2, 0) is 14.2 Å². The zero-order valence-corrected chi connectivity index (χ0v) is 22.3. The van der Waals surface area contributed by atoms with Gasteiger partial charge in [-0.15, -0.1) is 0 Å². The molecule has 0 aliphatic carbocycles. The monoisotopic (exact) mass is 537 g/mol. The van der Waals surface area contributed by atoms with Crippen LogP contribution in [-0.4, -0.2) is 54.9 Å². The SMILES string of the molecule is CO[C@H](C(C)OC(C)(C)C[C@H](C)/C=C/C=C(\C)[C@H]1O[C@@H](CNI)CC[C@@H]1C)[C@@H](C)O. The highest BCUT2D eigenvalue weighted by atomic mass is 127. The number of methoxy groups -OCH3 is 1. The van der Waals surface area contributed by atoms with Crippen LogP contribution >= 0.6 is 22.9 Å². The van der Waals surface area contributed by atoms with Crippen molar-refractivity contribution < 1.29 is 19.3 Å². The fraction of sp³-hybridized carbons (Fsp3) is 0.833. The standard InChI is InChI=1S/C24H44INO4/c1-16(14-24(6,7)30-20(5)23(28-8)19(4)27)10-9-11-17(2)22-18(3)12-13-21(29-22)15-26-25/h9-11,16,18-23,26-27H,12-15H2,1-8H3/b10-9+,17-11+/t16-,18+,19-,20?,21-,22-,23+/m1/s1. The quantitative estimate of drug-likeness (QED) is 0.203. The van der Waals surface area contributed by atoms with Gasteiger partial charge in [0.25, 0.3) is 0 Å². The van der Waals surface area contributed by atoms with Gasteiger partial charge in [0.15, 0.2) is 0 Å². The summed E-state index contributed by atoms with van der Waals surface area (Å²) in [5.41, 5.74) is 0.974. The van der Waals surface area contributed by atoms with Crippen molar-refractivity contribution in [2.75, 3.05) is 13.7 Å². The fourth-order valence-corrected chi connectivity index (χ4v) is 5.03. The topological polar surface area (TPSA) is 60.0 Å². The minimum atomic E-state index is -0.567. The van der Waals surface area contributed by atoms with Crippen LogP contribution in [0.1, 0.15) is 67.7 Å². The lowest BCUT2D eigenvalue weighted by molar-refractivity contribution is -0.149.